The topological polar surface area (TPSA) is 23.8 Å². The molecule has 1 rings (SSSR count). The van der Waals surface area contributed by atoms with E-state index in [9.17, 15) is 0 Å². The molecular weight excluding hydrogens is 202 g/mol. The maximum Gasteiger partial charge on any atom is 0.0669 e. The Morgan fingerprint density at radius 2 is 1.82 bits per heavy atom. The van der Waals surface area contributed by atoms with Crippen LogP contribution in [0.3, 0.4) is 0 Å². The van der Waals surface area contributed by atoms with Crippen LogP contribution in [0, 0.1) is 11.3 Å². The van der Waals surface area contributed by atoms with Crippen LogP contribution in [0.25, 0.3) is 0 Å². The number of rotatable bonds is 1. The highest BCUT2D eigenvalue weighted by atomic mass is 79.9. The SMILES string of the molecule is CBr.N#CCc1ccccc1. The van der Waals surface area contributed by atoms with Gasteiger partial charge in [0, 0.05) is 0 Å². The Balaban J connectivity index is 0.000000461. The maximum atomic E-state index is 8.27. The molecule has 0 radical (unpaired) electrons. The molecule has 0 fully saturated rings. The van der Waals surface area contributed by atoms with Gasteiger partial charge in [-0.2, -0.15) is 5.26 Å². The third-order valence-corrected chi connectivity index (χ3v) is 1.13. The summed E-state index contributed by atoms with van der Waals surface area (Å²) in [6, 6.07) is 11.8. The van der Waals surface area contributed by atoms with Gasteiger partial charge in [-0.3, -0.25) is 0 Å². The third-order valence-electron chi connectivity index (χ3n) is 1.13. The number of benzene rings is 1. The van der Waals surface area contributed by atoms with Crippen molar-refractivity contribution in [3.8, 4) is 6.07 Å². The molecule has 0 aliphatic carbocycles. The second-order valence-electron chi connectivity index (χ2n) is 1.82. The number of nitriles is 1. The summed E-state index contributed by atoms with van der Waals surface area (Å²) >= 11 is 2.94. The van der Waals surface area contributed by atoms with E-state index in [0.29, 0.717) is 6.42 Å². The Hall–Kier alpha value is -0.810. The van der Waals surface area contributed by atoms with Crippen molar-refractivity contribution in [1.82, 2.24) is 0 Å². The molecule has 0 aromatic heterocycles. The summed E-state index contributed by atoms with van der Waals surface area (Å²) in [5, 5.41) is 8.27. The van der Waals surface area contributed by atoms with Crippen molar-refractivity contribution in [1.29, 1.82) is 5.26 Å². The minimum Gasteiger partial charge on any atom is -0.198 e. The predicted molar refractivity (Wildman–Crippen MR) is 50.6 cm³/mol. The van der Waals surface area contributed by atoms with Crippen LogP contribution in [0.15, 0.2) is 30.3 Å². The van der Waals surface area contributed by atoms with Crippen LogP contribution in [-0.2, 0) is 6.42 Å². The molecule has 1 aromatic rings. The minimum absolute atomic E-state index is 0.515. The van der Waals surface area contributed by atoms with Gasteiger partial charge in [0.15, 0.2) is 0 Å². The first kappa shape index (κ1) is 10.2. The van der Waals surface area contributed by atoms with Crippen molar-refractivity contribution in [3.63, 3.8) is 0 Å². The third kappa shape index (κ3) is 4.58. The van der Waals surface area contributed by atoms with Gasteiger partial charge in [-0.15, -0.1) is 0 Å². The van der Waals surface area contributed by atoms with Crippen molar-refractivity contribution < 1.29 is 0 Å². The Bertz CT molecular complexity index is 213. The zero-order chi connectivity index (χ0) is 8.53. The molecule has 1 aromatic carbocycles. The highest BCUT2D eigenvalue weighted by molar-refractivity contribution is 9.08. The summed E-state index contributed by atoms with van der Waals surface area (Å²) in [6.45, 7) is 0. The molecule has 0 aliphatic rings. The zero-order valence-corrected chi connectivity index (χ0v) is 8.01. The average molecular weight is 212 g/mol. The lowest BCUT2D eigenvalue weighted by molar-refractivity contribution is 1.26. The smallest absolute Gasteiger partial charge is 0.0669 e. The second-order valence-corrected chi connectivity index (χ2v) is 1.82. The largest absolute Gasteiger partial charge is 0.198 e. The first-order chi connectivity index (χ1) is 5.43. The monoisotopic (exact) mass is 211 g/mol. The molecule has 0 heterocycles. The van der Waals surface area contributed by atoms with Crippen LogP contribution in [-0.4, -0.2) is 5.83 Å². The van der Waals surface area contributed by atoms with Crippen LogP contribution in [0.2, 0.25) is 0 Å². The minimum atomic E-state index is 0.515. The van der Waals surface area contributed by atoms with Gasteiger partial charge in [0.05, 0.1) is 12.5 Å². The summed E-state index contributed by atoms with van der Waals surface area (Å²) in [5.41, 5.74) is 1.08. The summed E-state index contributed by atoms with van der Waals surface area (Å²) in [4.78, 5) is 0. The lowest BCUT2D eigenvalue weighted by Gasteiger charge is -1.88. The highest BCUT2D eigenvalue weighted by Crippen LogP contribution is 1.96. The van der Waals surface area contributed by atoms with Gasteiger partial charge in [0.2, 0.25) is 0 Å². The van der Waals surface area contributed by atoms with Crippen LogP contribution in [0.4, 0.5) is 0 Å². The Morgan fingerprint density at radius 1 is 1.27 bits per heavy atom. The molecule has 0 saturated carbocycles. The van der Waals surface area contributed by atoms with Gasteiger partial charge in [0.25, 0.3) is 0 Å². The van der Waals surface area contributed by atoms with Gasteiger partial charge in [-0.1, -0.05) is 46.3 Å². The second kappa shape index (κ2) is 7.30. The molecule has 11 heavy (non-hydrogen) atoms. The fourth-order valence-corrected chi connectivity index (χ4v) is 0.687. The highest BCUT2D eigenvalue weighted by Gasteiger charge is 1.84. The molecule has 0 spiro atoms. The lowest BCUT2D eigenvalue weighted by Crippen LogP contribution is -1.76. The van der Waals surface area contributed by atoms with E-state index >= 15 is 0 Å². The molecule has 0 aliphatic heterocycles. The van der Waals surface area contributed by atoms with Crippen molar-refractivity contribution in [3.05, 3.63) is 35.9 Å². The maximum absolute atomic E-state index is 8.27. The predicted octanol–water partition coefficient (Wildman–Crippen LogP) is 2.76. The number of hydrogen-bond acceptors (Lipinski definition) is 1. The first-order valence-electron chi connectivity index (χ1n) is 3.22. The molecule has 0 atom stereocenters. The van der Waals surface area contributed by atoms with E-state index in [1.165, 1.54) is 0 Å². The van der Waals surface area contributed by atoms with Crippen molar-refractivity contribution in [2.45, 2.75) is 6.42 Å². The van der Waals surface area contributed by atoms with Gasteiger partial charge in [-0.25, -0.2) is 0 Å². The summed E-state index contributed by atoms with van der Waals surface area (Å²) in [6.07, 6.45) is 0.515. The van der Waals surface area contributed by atoms with Crippen molar-refractivity contribution in [2.75, 3.05) is 5.83 Å². The van der Waals surface area contributed by atoms with E-state index < -0.39 is 0 Å². The Morgan fingerprint density at radius 3 is 2.27 bits per heavy atom. The average Bonchev–Trinajstić information content (AvgIpc) is 2.11. The summed E-state index contributed by atoms with van der Waals surface area (Å²) in [5.74, 6) is 1.81. The zero-order valence-electron chi connectivity index (χ0n) is 6.42. The number of nitrogens with zero attached hydrogens (tertiary/aromatic N) is 1. The molecule has 0 amide bonds. The van der Waals surface area contributed by atoms with E-state index in [1.807, 2.05) is 36.2 Å². The molecule has 0 unspecified atom stereocenters. The Kier molecular flexibility index (Phi) is 6.76. The fraction of sp³-hybridized carbons (Fsp3) is 0.222. The van der Waals surface area contributed by atoms with Crippen molar-refractivity contribution >= 4 is 15.9 Å². The van der Waals surface area contributed by atoms with E-state index in [2.05, 4.69) is 22.0 Å². The van der Waals surface area contributed by atoms with Gasteiger partial charge < -0.3 is 0 Å². The number of halogens is 1. The quantitative estimate of drug-likeness (QED) is 0.656. The van der Waals surface area contributed by atoms with E-state index in [4.69, 9.17) is 5.26 Å². The number of hydrogen-bond donors (Lipinski definition) is 0. The standard InChI is InChI=1S/C8H7N.CH3Br/c9-7-6-8-4-2-1-3-5-8;1-2/h1-5H,6H2;1H3. The fourth-order valence-electron chi connectivity index (χ4n) is 0.687. The molecular formula is C9H10BrN. The normalized spacial score (nSPS) is 7.36. The van der Waals surface area contributed by atoms with E-state index in [1.54, 1.807) is 0 Å². The van der Waals surface area contributed by atoms with Gasteiger partial charge in [0.1, 0.15) is 0 Å². The Labute approximate surface area is 75.8 Å². The lowest BCUT2D eigenvalue weighted by atomic mass is 10.2. The van der Waals surface area contributed by atoms with E-state index in [-0.39, 0.29) is 0 Å². The number of alkyl halides is 1. The first-order valence-corrected chi connectivity index (χ1v) is 4.81. The molecule has 0 saturated heterocycles. The molecule has 58 valence electrons. The van der Waals surface area contributed by atoms with Crippen LogP contribution < -0.4 is 0 Å². The molecule has 1 nitrogen and oxygen atoms in total. The van der Waals surface area contributed by atoms with E-state index in [0.717, 1.165) is 5.56 Å². The summed E-state index contributed by atoms with van der Waals surface area (Å²) in [7, 11) is 0. The van der Waals surface area contributed by atoms with Crippen LogP contribution in [0.1, 0.15) is 5.56 Å². The van der Waals surface area contributed by atoms with Gasteiger partial charge in [-0.05, 0) is 11.4 Å². The van der Waals surface area contributed by atoms with Crippen molar-refractivity contribution in [2.24, 2.45) is 0 Å². The molecule has 0 N–H and O–H groups in total. The molecule has 2 heteroatoms. The summed E-state index contributed by atoms with van der Waals surface area (Å²) < 4.78 is 0. The van der Waals surface area contributed by atoms with Crippen LogP contribution in [0.5, 0.6) is 0 Å². The van der Waals surface area contributed by atoms with Crippen LogP contribution >= 0.6 is 15.9 Å². The van der Waals surface area contributed by atoms with Gasteiger partial charge >= 0.3 is 0 Å². The molecule has 0 bridgehead atoms.